The molecule has 1 N–H and O–H groups in total. The first-order valence-electron chi connectivity index (χ1n) is 7.13. The van der Waals surface area contributed by atoms with Crippen molar-refractivity contribution >= 4 is 6.09 Å². The number of carbonyl (C=O) groups excluding carboxylic acids is 1. The number of ether oxygens (including phenoxy) is 4. The molecule has 0 spiro atoms. The van der Waals surface area contributed by atoms with E-state index in [1.807, 2.05) is 6.07 Å². The highest BCUT2D eigenvalue weighted by atomic mass is 16.6. The van der Waals surface area contributed by atoms with E-state index < -0.39 is 11.7 Å². The van der Waals surface area contributed by atoms with E-state index in [0.29, 0.717) is 23.8 Å². The summed E-state index contributed by atoms with van der Waals surface area (Å²) in [6, 6.07) is 6.90. The number of benzene rings is 1. The molecule has 126 valence electrons. The molecule has 1 aromatic carbocycles. The van der Waals surface area contributed by atoms with Gasteiger partial charge in [-0.1, -0.05) is 0 Å². The molecular weight excluding hydrogens is 300 g/mol. The first-order chi connectivity index (χ1) is 10.9. The lowest BCUT2D eigenvalue weighted by atomic mass is 10.2. The van der Waals surface area contributed by atoms with Crippen LogP contribution >= 0.6 is 0 Å². The summed E-state index contributed by atoms with van der Waals surface area (Å²) < 4.78 is 21.0. The van der Waals surface area contributed by atoms with Crippen LogP contribution in [-0.2, 0) is 4.74 Å². The number of amides is 1. The van der Waals surface area contributed by atoms with E-state index in [1.54, 1.807) is 39.0 Å². The Balaban J connectivity index is 2.43. The molecule has 0 aromatic heterocycles. The van der Waals surface area contributed by atoms with E-state index >= 15 is 0 Å². The fourth-order valence-electron chi connectivity index (χ4n) is 1.60. The molecule has 0 unspecified atom stereocenters. The van der Waals surface area contributed by atoms with Crippen LogP contribution in [0.2, 0.25) is 0 Å². The smallest absolute Gasteiger partial charge is 0.407 e. The van der Waals surface area contributed by atoms with Gasteiger partial charge in [0, 0.05) is 6.07 Å². The third-order valence-electron chi connectivity index (χ3n) is 2.47. The number of nitrogens with zero attached hydrogens (tertiary/aromatic N) is 1. The topological polar surface area (TPSA) is 89.8 Å². The first-order valence-corrected chi connectivity index (χ1v) is 7.13. The molecule has 1 rings (SSSR count). The van der Waals surface area contributed by atoms with Gasteiger partial charge in [0.15, 0.2) is 18.1 Å². The largest absolute Gasteiger partial charge is 0.493 e. The molecule has 0 aliphatic rings. The van der Waals surface area contributed by atoms with Crippen LogP contribution in [0.5, 0.6) is 17.2 Å². The summed E-state index contributed by atoms with van der Waals surface area (Å²) in [5.41, 5.74) is -0.530. The van der Waals surface area contributed by atoms with Crippen LogP contribution in [0.25, 0.3) is 0 Å². The summed E-state index contributed by atoms with van der Waals surface area (Å²) in [7, 11) is 1.50. The van der Waals surface area contributed by atoms with E-state index in [-0.39, 0.29) is 13.2 Å². The molecule has 0 heterocycles. The Morgan fingerprint density at radius 2 is 2.00 bits per heavy atom. The Kier molecular flexibility index (Phi) is 7.00. The van der Waals surface area contributed by atoms with Crippen molar-refractivity contribution in [3.8, 4) is 23.3 Å². The molecule has 0 radical (unpaired) electrons. The van der Waals surface area contributed by atoms with Crippen molar-refractivity contribution in [2.75, 3.05) is 26.9 Å². The molecule has 0 saturated carbocycles. The number of alkyl carbamates (subject to hydrolysis) is 1. The average Bonchev–Trinajstić information content (AvgIpc) is 2.48. The van der Waals surface area contributed by atoms with E-state index in [4.69, 9.17) is 24.2 Å². The highest BCUT2D eigenvalue weighted by molar-refractivity contribution is 5.67. The summed E-state index contributed by atoms with van der Waals surface area (Å²) in [6.45, 7) is 5.92. The Morgan fingerprint density at radius 3 is 2.61 bits per heavy atom. The van der Waals surface area contributed by atoms with Crippen molar-refractivity contribution in [2.45, 2.75) is 26.4 Å². The summed E-state index contributed by atoms with van der Waals surface area (Å²) in [5, 5.41) is 11.1. The molecule has 23 heavy (non-hydrogen) atoms. The fourth-order valence-corrected chi connectivity index (χ4v) is 1.60. The van der Waals surface area contributed by atoms with Gasteiger partial charge < -0.3 is 24.3 Å². The van der Waals surface area contributed by atoms with Gasteiger partial charge in [0.2, 0.25) is 0 Å². The number of hydrogen-bond acceptors (Lipinski definition) is 6. The Bertz CT molecular complexity index is 561. The van der Waals surface area contributed by atoms with Crippen LogP contribution in [0.1, 0.15) is 20.8 Å². The minimum atomic E-state index is -0.530. The molecule has 0 bridgehead atoms. The van der Waals surface area contributed by atoms with Gasteiger partial charge >= 0.3 is 6.09 Å². The zero-order valence-electron chi connectivity index (χ0n) is 13.8. The van der Waals surface area contributed by atoms with Crippen molar-refractivity contribution in [1.82, 2.24) is 5.32 Å². The Labute approximate surface area is 136 Å². The minimum Gasteiger partial charge on any atom is -0.493 e. The lowest BCUT2D eigenvalue weighted by molar-refractivity contribution is 0.0520. The normalized spacial score (nSPS) is 10.4. The summed E-state index contributed by atoms with van der Waals surface area (Å²) in [5.74, 6) is 1.50. The van der Waals surface area contributed by atoms with Crippen LogP contribution in [0.3, 0.4) is 0 Å². The van der Waals surface area contributed by atoms with Crippen molar-refractivity contribution in [3.63, 3.8) is 0 Å². The summed E-state index contributed by atoms with van der Waals surface area (Å²) in [6.07, 6.45) is -0.487. The third kappa shape index (κ3) is 7.27. The lowest BCUT2D eigenvalue weighted by Gasteiger charge is -2.19. The van der Waals surface area contributed by atoms with Gasteiger partial charge in [-0.25, -0.2) is 4.79 Å². The number of carbonyl (C=O) groups is 1. The van der Waals surface area contributed by atoms with Crippen LogP contribution in [0.15, 0.2) is 18.2 Å². The summed E-state index contributed by atoms with van der Waals surface area (Å²) in [4.78, 5) is 11.5. The zero-order chi connectivity index (χ0) is 17.3. The quantitative estimate of drug-likeness (QED) is 0.776. The lowest BCUT2D eigenvalue weighted by Crippen LogP contribution is -2.34. The number of hydrogen-bond donors (Lipinski definition) is 1. The minimum absolute atomic E-state index is 0.0592. The SMILES string of the molecule is COc1cc(OCCNC(=O)OC(C)(C)C)ccc1OCC#N. The molecule has 0 fully saturated rings. The van der Waals surface area contributed by atoms with Gasteiger partial charge in [0.1, 0.15) is 24.0 Å². The number of methoxy groups -OCH3 is 1. The Morgan fingerprint density at radius 1 is 1.26 bits per heavy atom. The van der Waals surface area contributed by atoms with E-state index in [9.17, 15) is 4.79 Å². The van der Waals surface area contributed by atoms with E-state index in [1.165, 1.54) is 7.11 Å². The number of nitriles is 1. The molecule has 0 aliphatic carbocycles. The van der Waals surface area contributed by atoms with Gasteiger partial charge in [0.25, 0.3) is 0 Å². The molecular formula is C16H22N2O5. The molecule has 0 aliphatic heterocycles. The maximum absolute atomic E-state index is 11.5. The van der Waals surface area contributed by atoms with Crippen LogP contribution in [0, 0.1) is 11.3 Å². The first kappa shape index (κ1) is 18.4. The predicted molar refractivity (Wildman–Crippen MR) is 83.8 cm³/mol. The number of rotatable bonds is 7. The predicted octanol–water partition coefficient (Wildman–Crippen LogP) is 2.50. The Hall–Kier alpha value is -2.62. The second-order valence-electron chi connectivity index (χ2n) is 5.54. The summed E-state index contributed by atoms with van der Waals surface area (Å²) >= 11 is 0. The van der Waals surface area contributed by atoms with Crippen LogP contribution < -0.4 is 19.5 Å². The van der Waals surface area contributed by atoms with Gasteiger partial charge in [-0.2, -0.15) is 5.26 Å². The van der Waals surface area contributed by atoms with Crippen LogP contribution in [0.4, 0.5) is 4.79 Å². The standard InChI is InChI=1S/C16H22N2O5/c1-16(2,3)23-15(19)18-8-10-21-12-5-6-13(22-9-7-17)14(11-12)20-4/h5-6,11H,8-10H2,1-4H3,(H,18,19). The monoisotopic (exact) mass is 322 g/mol. The van der Waals surface area contributed by atoms with E-state index in [0.717, 1.165) is 0 Å². The second-order valence-corrected chi connectivity index (χ2v) is 5.54. The molecule has 0 saturated heterocycles. The van der Waals surface area contributed by atoms with Gasteiger partial charge in [0.05, 0.1) is 13.7 Å². The number of nitrogens with one attached hydrogen (secondary N) is 1. The molecule has 0 atom stereocenters. The molecule has 7 nitrogen and oxygen atoms in total. The molecule has 7 heteroatoms. The fraction of sp³-hybridized carbons (Fsp3) is 0.500. The maximum Gasteiger partial charge on any atom is 0.407 e. The zero-order valence-corrected chi connectivity index (χ0v) is 13.8. The average molecular weight is 322 g/mol. The molecule has 1 aromatic rings. The highest BCUT2D eigenvalue weighted by Crippen LogP contribution is 2.31. The van der Waals surface area contributed by atoms with E-state index in [2.05, 4.69) is 5.32 Å². The van der Waals surface area contributed by atoms with Crippen molar-refractivity contribution in [2.24, 2.45) is 0 Å². The van der Waals surface area contributed by atoms with Crippen molar-refractivity contribution in [1.29, 1.82) is 5.26 Å². The van der Waals surface area contributed by atoms with Crippen molar-refractivity contribution < 1.29 is 23.7 Å². The van der Waals surface area contributed by atoms with Crippen molar-refractivity contribution in [3.05, 3.63) is 18.2 Å². The third-order valence-corrected chi connectivity index (χ3v) is 2.47. The van der Waals surface area contributed by atoms with Gasteiger partial charge in [-0.3, -0.25) is 0 Å². The molecule has 1 amide bonds. The maximum atomic E-state index is 11.5. The second kappa shape index (κ2) is 8.73. The van der Waals surface area contributed by atoms with Gasteiger partial charge in [-0.15, -0.1) is 0 Å². The van der Waals surface area contributed by atoms with Gasteiger partial charge in [-0.05, 0) is 32.9 Å². The van der Waals surface area contributed by atoms with Crippen LogP contribution in [-0.4, -0.2) is 38.6 Å². The highest BCUT2D eigenvalue weighted by Gasteiger charge is 2.15.